The Kier molecular flexibility index (Phi) is 5.76. The van der Waals surface area contributed by atoms with Crippen LogP contribution in [0.25, 0.3) is 11.4 Å². The summed E-state index contributed by atoms with van der Waals surface area (Å²) in [6.45, 7) is 0. The van der Waals surface area contributed by atoms with Crippen LogP contribution < -0.4 is 14.8 Å². The van der Waals surface area contributed by atoms with Gasteiger partial charge in [0.25, 0.3) is 0 Å². The van der Waals surface area contributed by atoms with Crippen LogP contribution in [0.3, 0.4) is 0 Å². The highest BCUT2D eigenvalue weighted by molar-refractivity contribution is 5.83. The minimum absolute atomic E-state index is 0.0772. The summed E-state index contributed by atoms with van der Waals surface area (Å²) in [5.74, 6) is -0.927. The second-order valence-electron chi connectivity index (χ2n) is 6.35. The molecule has 4 rings (SSSR count). The molecule has 33 heavy (non-hydrogen) atoms. The molecule has 0 amide bonds. The lowest BCUT2D eigenvalue weighted by molar-refractivity contribution is -0.274. The van der Waals surface area contributed by atoms with Crippen LogP contribution in [0, 0.1) is 0 Å². The Morgan fingerprint density at radius 3 is 2.33 bits per heavy atom. The molecule has 0 radical (unpaired) electrons. The van der Waals surface area contributed by atoms with Gasteiger partial charge in [0.1, 0.15) is 11.5 Å². The van der Waals surface area contributed by atoms with Crippen molar-refractivity contribution in [3.63, 3.8) is 0 Å². The molecule has 168 valence electrons. The Morgan fingerprint density at radius 2 is 1.67 bits per heavy atom. The van der Waals surface area contributed by atoms with Crippen molar-refractivity contribution in [1.82, 2.24) is 25.1 Å². The first-order valence-corrected chi connectivity index (χ1v) is 9.15. The molecule has 0 fully saturated rings. The number of aromatic carboxylic acids is 1. The zero-order chi connectivity index (χ0) is 23.4. The van der Waals surface area contributed by atoms with Gasteiger partial charge in [-0.25, -0.2) is 9.78 Å². The second-order valence-corrected chi connectivity index (χ2v) is 6.35. The van der Waals surface area contributed by atoms with Gasteiger partial charge in [0.2, 0.25) is 17.7 Å². The van der Waals surface area contributed by atoms with Gasteiger partial charge in [0, 0.05) is 23.5 Å². The Labute approximate surface area is 183 Å². The summed E-state index contributed by atoms with van der Waals surface area (Å²) in [6.07, 6.45) is -3.49. The topological polar surface area (TPSA) is 135 Å². The smallest absolute Gasteiger partial charge is 0.475 e. The minimum Gasteiger partial charge on any atom is -0.475 e. The maximum Gasteiger partial charge on any atom is 0.573 e. The van der Waals surface area contributed by atoms with E-state index < -0.39 is 12.3 Å². The number of hydrogen-bond acceptors (Lipinski definition) is 8. The predicted molar refractivity (Wildman–Crippen MR) is 107 cm³/mol. The average molecular weight is 458 g/mol. The standard InChI is InChI=1S/C20H13F3N6O4/c21-20(22,23)33-14-5-1-11(2-6-14)16-27-19(29-28-16)25-12-3-7-13(8-4-12)32-15-9-10-24-17(26-15)18(30)31/h1-10H,(H,30,31)(H2,25,27,28,29). The minimum atomic E-state index is -4.76. The van der Waals surface area contributed by atoms with Gasteiger partial charge in [-0.2, -0.15) is 9.97 Å². The van der Waals surface area contributed by atoms with Crippen LogP contribution in [0.4, 0.5) is 24.8 Å². The van der Waals surface area contributed by atoms with Crippen LogP contribution in [-0.4, -0.2) is 42.6 Å². The molecule has 0 aliphatic heterocycles. The molecule has 0 unspecified atom stereocenters. The molecule has 0 aliphatic carbocycles. The lowest BCUT2D eigenvalue weighted by Gasteiger charge is -2.08. The van der Waals surface area contributed by atoms with Crippen LogP contribution in [0.1, 0.15) is 10.6 Å². The van der Waals surface area contributed by atoms with Crippen molar-refractivity contribution in [1.29, 1.82) is 0 Å². The number of carboxylic acids is 1. The van der Waals surface area contributed by atoms with Crippen molar-refractivity contribution in [2.45, 2.75) is 6.36 Å². The van der Waals surface area contributed by atoms with Gasteiger partial charge in [-0.3, -0.25) is 5.10 Å². The van der Waals surface area contributed by atoms with E-state index in [0.717, 1.165) is 0 Å². The number of carboxylic acid groups (broad SMARTS) is 1. The normalized spacial score (nSPS) is 11.1. The Bertz CT molecular complexity index is 1260. The van der Waals surface area contributed by atoms with E-state index in [1.807, 2.05) is 0 Å². The van der Waals surface area contributed by atoms with Gasteiger partial charge >= 0.3 is 12.3 Å². The Balaban J connectivity index is 1.39. The van der Waals surface area contributed by atoms with E-state index in [9.17, 15) is 18.0 Å². The van der Waals surface area contributed by atoms with Gasteiger partial charge in [-0.05, 0) is 48.5 Å². The number of rotatable bonds is 7. The van der Waals surface area contributed by atoms with Crippen LogP contribution in [0.2, 0.25) is 0 Å². The van der Waals surface area contributed by atoms with Crippen molar-refractivity contribution < 1.29 is 32.5 Å². The van der Waals surface area contributed by atoms with Crippen molar-refractivity contribution in [3.8, 4) is 28.8 Å². The maximum atomic E-state index is 12.3. The predicted octanol–water partition coefficient (Wildman–Crippen LogP) is 4.39. The summed E-state index contributed by atoms with van der Waals surface area (Å²) >= 11 is 0. The summed E-state index contributed by atoms with van der Waals surface area (Å²) in [5, 5.41) is 18.6. The van der Waals surface area contributed by atoms with Crippen LogP contribution in [0.5, 0.6) is 17.4 Å². The zero-order valence-electron chi connectivity index (χ0n) is 16.4. The quantitative estimate of drug-likeness (QED) is 0.368. The highest BCUT2D eigenvalue weighted by atomic mass is 19.4. The number of benzene rings is 2. The van der Waals surface area contributed by atoms with E-state index in [1.54, 1.807) is 24.3 Å². The van der Waals surface area contributed by atoms with Crippen LogP contribution >= 0.6 is 0 Å². The number of anilines is 2. The van der Waals surface area contributed by atoms with E-state index >= 15 is 0 Å². The third-order valence-corrected chi connectivity index (χ3v) is 4.00. The lowest BCUT2D eigenvalue weighted by Crippen LogP contribution is -2.16. The molecule has 2 heterocycles. The van der Waals surface area contributed by atoms with Crippen LogP contribution in [0.15, 0.2) is 60.8 Å². The summed E-state index contributed by atoms with van der Waals surface area (Å²) in [6, 6.07) is 13.2. The number of nitrogens with one attached hydrogen (secondary N) is 2. The summed E-state index contributed by atoms with van der Waals surface area (Å²) in [5.41, 5.74) is 1.13. The van der Waals surface area contributed by atoms with Crippen molar-refractivity contribution in [3.05, 3.63) is 66.6 Å². The molecule has 0 spiro atoms. The van der Waals surface area contributed by atoms with Gasteiger partial charge in [-0.15, -0.1) is 18.3 Å². The first-order valence-electron chi connectivity index (χ1n) is 9.15. The molecular formula is C20H13F3N6O4. The van der Waals surface area contributed by atoms with Gasteiger partial charge in [0.05, 0.1) is 0 Å². The Morgan fingerprint density at radius 1 is 0.970 bits per heavy atom. The third kappa shape index (κ3) is 5.72. The first kappa shape index (κ1) is 21.5. The maximum absolute atomic E-state index is 12.3. The van der Waals surface area contributed by atoms with E-state index in [-0.39, 0.29) is 23.4 Å². The number of aromatic amines is 1. The number of nitrogens with zero attached hydrogens (tertiary/aromatic N) is 4. The third-order valence-electron chi connectivity index (χ3n) is 4.00. The molecule has 2 aromatic heterocycles. The average Bonchev–Trinajstić information content (AvgIpc) is 3.23. The highest BCUT2D eigenvalue weighted by Crippen LogP contribution is 2.26. The first-order chi connectivity index (χ1) is 15.7. The Hall–Kier alpha value is -4.68. The molecule has 13 heteroatoms. The molecule has 10 nitrogen and oxygen atoms in total. The van der Waals surface area contributed by atoms with Gasteiger partial charge in [-0.1, -0.05) is 0 Å². The molecule has 0 atom stereocenters. The van der Waals surface area contributed by atoms with Gasteiger partial charge in [0.15, 0.2) is 5.82 Å². The second kappa shape index (κ2) is 8.82. The fourth-order valence-electron chi connectivity index (χ4n) is 2.62. The van der Waals surface area contributed by atoms with Crippen molar-refractivity contribution >= 4 is 17.6 Å². The molecule has 0 aliphatic rings. The monoisotopic (exact) mass is 458 g/mol. The number of hydrogen-bond donors (Lipinski definition) is 3. The molecule has 0 saturated carbocycles. The largest absolute Gasteiger partial charge is 0.573 e. The van der Waals surface area contributed by atoms with E-state index in [4.69, 9.17) is 9.84 Å². The molecule has 0 bridgehead atoms. The SMILES string of the molecule is O=C(O)c1nccc(Oc2ccc(Nc3n[nH]c(-c4ccc(OC(F)(F)F)cc4)n3)cc2)n1. The number of halogens is 3. The number of H-pyrrole nitrogens is 1. The van der Waals surface area contributed by atoms with E-state index in [2.05, 4.69) is 35.2 Å². The molecule has 4 aromatic rings. The molecule has 2 aromatic carbocycles. The molecule has 3 N–H and O–H groups in total. The summed E-state index contributed by atoms with van der Waals surface area (Å²) < 4.78 is 46.1. The highest BCUT2D eigenvalue weighted by Gasteiger charge is 2.31. The van der Waals surface area contributed by atoms with Crippen molar-refractivity contribution in [2.24, 2.45) is 0 Å². The van der Waals surface area contributed by atoms with E-state index in [1.165, 1.54) is 36.5 Å². The summed E-state index contributed by atoms with van der Waals surface area (Å²) in [7, 11) is 0. The zero-order valence-corrected chi connectivity index (χ0v) is 16.4. The van der Waals surface area contributed by atoms with Crippen LogP contribution in [-0.2, 0) is 0 Å². The van der Waals surface area contributed by atoms with Crippen molar-refractivity contribution in [2.75, 3.05) is 5.32 Å². The fourth-order valence-corrected chi connectivity index (χ4v) is 2.62. The lowest BCUT2D eigenvalue weighted by atomic mass is 10.2. The summed E-state index contributed by atoms with van der Waals surface area (Å²) in [4.78, 5) is 22.6. The fraction of sp³-hybridized carbons (Fsp3) is 0.0500. The number of aromatic nitrogens is 5. The number of alkyl halides is 3. The van der Waals surface area contributed by atoms with Gasteiger partial charge < -0.3 is 19.9 Å². The molecule has 0 saturated heterocycles. The van der Waals surface area contributed by atoms with E-state index in [0.29, 0.717) is 22.8 Å². The molecular weight excluding hydrogens is 445 g/mol. The number of ether oxygens (including phenoxy) is 2. The number of carbonyl (C=O) groups is 1.